The normalized spacial score (nSPS) is 23.9. The number of likely N-dealkylation sites (tertiary alicyclic amines) is 1. The third-order valence-corrected chi connectivity index (χ3v) is 6.11. The molecule has 0 radical (unpaired) electrons. The number of hydrogen-bond donors (Lipinski definition) is 0. The first-order valence-corrected chi connectivity index (χ1v) is 10.5. The van der Waals surface area contributed by atoms with Gasteiger partial charge in [-0.2, -0.15) is 0 Å². The maximum absolute atomic E-state index is 13.0. The van der Waals surface area contributed by atoms with Crippen molar-refractivity contribution in [3.63, 3.8) is 0 Å². The zero-order valence-electron chi connectivity index (χ0n) is 16.5. The Balaban J connectivity index is 1.26. The van der Waals surface area contributed by atoms with Gasteiger partial charge in [-0.1, -0.05) is 0 Å². The summed E-state index contributed by atoms with van der Waals surface area (Å²) in [6.45, 7) is 6.88. The van der Waals surface area contributed by atoms with Crippen molar-refractivity contribution in [3.05, 3.63) is 18.5 Å². The molecule has 0 spiro atoms. The molecule has 3 fully saturated rings. The molecule has 3 saturated heterocycles. The van der Waals surface area contributed by atoms with Crippen molar-refractivity contribution < 1.29 is 9.59 Å². The van der Waals surface area contributed by atoms with E-state index in [-0.39, 0.29) is 17.7 Å². The Morgan fingerprint density at radius 3 is 2.32 bits per heavy atom. The van der Waals surface area contributed by atoms with Gasteiger partial charge >= 0.3 is 0 Å². The molecule has 8 nitrogen and oxygen atoms in total. The van der Waals surface area contributed by atoms with Crippen LogP contribution in [0.2, 0.25) is 0 Å². The van der Waals surface area contributed by atoms with Crippen LogP contribution in [-0.4, -0.2) is 95.4 Å². The maximum Gasteiger partial charge on any atom is 0.236 e. The molecule has 3 aliphatic heterocycles. The van der Waals surface area contributed by atoms with E-state index in [1.54, 1.807) is 12.4 Å². The molecule has 1 aromatic rings. The minimum absolute atomic E-state index is 0.00957. The van der Waals surface area contributed by atoms with Crippen LogP contribution in [0.25, 0.3) is 0 Å². The summed E-state index contributed by atoms with van der Waals surface area (Å²) in [4.78, 5) is 42.3. The summed E-state index contributed by atoms with van der Waals surface area (Å²) in [5, 5.41) is 0. The Hall–Kier alpha value is -2.22. The quantitative estimate of drug-likeness (QED) is 0.749. The minimum Gasteiger partial charge on any atom is -0.342 e. The summed E-state index contributed by atoms with van der Waals surface area (Å²) in [5.74, 6) is 1.20. The molecular formula is C20H30N6O2. The van der Waals surface area contributed by atoms with Crippen LogP contribution in [0.1, 0.15) is 25.7 Å². The van der Waals surface area contributed by atoms with Crippen LogP contribution in [0.3, 0.4) is 0 Å². The van der Waals surface area contributed by atoms with Crippen LogP contribution in [0.5, 0.6) is 0 Å². The molecule has 2 amide bonds. The Kier molecular flexibility index (Phi) is 6.04. The van der Waals surface area contributed by atoms with Gasteiger partial charge in [-0.25, -0.2) is 9.97 Å². The van der Waals surface area contributed by atoms with Crippen molar-refractivity contribution in [2.45, 2.75) is 25.7 Å². The number of amides is 2. The van der Waals surface area contributed by atoms with Crippen molar-refractivity contribution in [2.75, 3.05) is 63.8 Å². The smallest absolute Gasteiger partial charge is 0.236 e. The lowest BCUT2D eigenvalue weighted by molar-refractivity contribution is -0.138. The SMILES string of the molecule is O=C(CN1CCN(C(=O)C2CCCN(c3ncccn3)C2)CC1)N1CCCC1. The second-order valence-corrected chi connectivity index (χ2v) is 8.02. The fraction of sp³-hybridized carbons (Fsp3) is 0.700. The number of rotatable bonds is 4. The lowest BCUT2D eigenvalue weighted by atomic mass is 9.96. The van der Waals surface area contributed by atoms with E-state index < -0.39 is 0 Å². The van der Waals surface area contributed by atoms with E-state index in [1.807, 2.05) is 15.9 Å². The molecule has 0 N–H and O–H groups in total. The summed E-state index contributed by atoms with van der Waals surface area (Å²) in [6, 6.07) is 1.81. The lowest BCUT2D eigenvalue weighted by Crippen LogP contribution is -2.54. The van der Waals surface area contributed by atoms with Crippen molar-refractivity contribution in [2.24, 2.45) is 5.92 Å². The van der Waals surface area contributed by atoms with Gasteiger partial charge in [-0.15, -0.1) is 0 Å². The van der Waals surface area contributed by atoms with Gasteiger partial charge in [-0.3, -0.25) is 14.5 Å². The summed E-state index contributed by atoms with van der Waals surface area (Å²) in [5.41, 5.74) is 0. The number of aromatic nitrogens is 2. The van der Waals surface area contributed by atoms with Gasteiger partial charge in [-0.05, 0) is 31.7 Å². The molecule has 152 valence electrons. The van der Waals surface area contributed by atoms with Gasteiger partial charge < -0.3 is 14.7 Å². The third kappa shape index (κ3) is 4.43. The van der Waals surface area contributed by atoms with Crippen LogP contribution in [0.4, 0.5) is 5.95 Å². The van der Waals surface area contributed by atoms with E-state index in [9.17, 15) is 9.59 Å². The van der Waals surface area contributed by atoms with Crippen molar-refractivity contribution in [1.82, 2.24) is 24.7 Å². The van der Waals surface area contributed by atoms with Crippen LogP contribution < -0.4 is 4.90 Å². The Morgan fingerprint density at radius 1 is 0.893 bits per heavy atom. The highest BCUT2D eigenvalue weighted by Crippen LogP contribution is 2.22. The molecule has 8 heteroatoms. The predicted molar refractivity (Wildman–Crippen MR) is 106 cm³/mol. The molecule has 4 heterocycles. The number of anilines is 1. The Bertz CT molecular complexity index is 671. The predicted octanol–water partition coefficient (Wildman–Crippen LogP) is 0.460. The van der Waals surface area contributed by atoms with Gasteiger partial charge in [0.1, 0.15) is 0 Å². The zero-order chi connectivity index (χ0) is 19.3. The summed E-state index contributed by atoms with van der Waals surface area (Å²) in [6.07, 6.45) is 7.66. The fourth-order valence-electron chi connectivity index (χ4n) is 4.46. The number of nitrogens with zero attached hydrogens (tertiary/aromatic N) is 6. The standard InChI is InChI=1S/C20H30N6O2/c27-18(24-8-1-2-9-24)16-23-11-13-25(14-12-23)19(28)17-5-3-10-26(15-17)20-21-6-4-7-22-20/h4,6-7,17H,1-3,5,8-16H2. The summed E-state index contributed by atoms with van der Waals surface area (Å²) in [7, 11) is 0. The van der Waals surface area contributed by atoms with E-state index in [0.717, 1.165) is 58.4 Å². The van der Waals surface area contributed by atoms with Gasteiger partial charge in [0.25, 0.3) is 0 Å². The largest absolute Gasteiger partial charge is 0.342 e. The first-order chi connectivity index (χ1) is 13.7. The monoisotopic (exact) mass is 386 g/mol. The summed E-state index contributed by atoms with van der Waals surface area (Å²) >= 11 is 0. The Morgan fingerprint density at radius 2 is 1.61 bits per heavy atom. The van der Waals surface area contributed by atoms with Crippen LogP contribution >= 0.6 is 0 Å². The van der Waals surface area contributed by atoms with Gasteiger partial charge in [0, 0.05) is 64.8 Å². The molecule has 3 aliphatic rings. The van der Waals surface area contributed by atoms with Crippen molar-refractivity contribution >= 4 is 17.8 Å². The van der Waals surface area contributed by atoms with Crippen LogP contribution in [-0.2, 0) is 9.59 Å². The van der Waals surface area contributed by atoms with E-state index in [0.29, 0.717) is 32.1 Å². The van der Waals surface area contributed by atoms with Crippen molar-refractivity contribution in [1.29, 1.82) is 0 Å². The van der Waals surface area contributed by atoms with Crippen LogP contribution in [0, 0.1) is 5.92 Å². The average molecular weight is 387 g/mol. The minimum atomic E-state index is 0.00957. The number of carbonyl (C=O) groups is 2. The second kappa shape index (κ2) is 8.86. The molecule has 1 unspecified atom stereocenters. The molecule has 1 aromatic heterocycles. The maximum atomic E-state index is 13.0. The summed E-state index contributed by atoms with van der Waals surface area (Å²) < 4.78 is 0. The Labute approximate surface area is 166 Å². The number of carbonyl (C=O) groups excluding carboxylic acids is 2. The molecule has 0 bridgehead atoms. The molecule has 28 heavy (non-hydrogen) atoms. The van der Waals surface area contributed by atoms with E-state index in [2.05, 4.69) is 19.8 Å². The van der Waals surface area contributed by atoms with Crippen LogP contribution in [0.15, 0.2) is 18.5 Å². The fourth-order valence-corrected chi connectivity index (χ4v) is 4.46. The van der Waals surface area contributed by atoms with Gasteiger partial charge in [0.15, 0.2) is 0 Å². The van der Waals surface area contributed by atoms with Crippen molar-refractivity contribution in [3.8, 4) is 0 Å². The molecule has 4 rings (SSSR count). The highest BCUT2D eigenvalue weighted by molar-refractivity contribution is 5.80. The second-order valence-electron chi connectivity index (χ2n) is 8.02. The molecule has 0 aromatic carbocycles. The topological polar surface area (TPSA) is 72.9 Å². The first-order valence-electron chi connectivity index (χ1n) is 10.5. The number of piperazine rings is 1. The highest BCUT2D eigenvalue weighted by atomic mass is 16.2. The molecular weight excluding hydrogens is 356 g/mol. The third-order valence-electron chi connectivity index (χ3n) is 6.11. The average Bonchev–Trinajstić information content (AvgIpc) is 3.30. The lowest BCUT2D eigenvalue weighted by Gasteiger charge is -2.39. The number of hydrogen-bond acceptors (Lipinski definition) is 6. The van der Waals surface area contributed by atoms with Gasteiger partial charge in [0.2, 0.25) is 17.8 Å². The molecule has 1 atom stereocenters. The van der Waals surface area contributed by atoms with E-state index in [1.165, 1.54) is 0 Å². The zero-order valence-corrected chi connectivity index (χ0v) is 16.5. The van der Waals surface area contributed by atoms with Gasteiger partial charge in [0.05, 0.1) is 12.5 Å². The highest BCUT2D eigenvalue weighted by Gasteiger charge is 2.32. The van der Waals surface area contributed by atoms with E-state index >= 15 is 0 Å². The van der Waals surface area contributed by atoms with E-state index in [4.69, 9.17) is 0 Å². The first kappa shape index (κ1) is 19.1. The molecule has 0 aliphatic carbocycles. The molecule has 0 saturated carbocycles. The number of piperidine rings is 1.